The van der Waals surface area contributed by atoms with Gasteiger partial charge in [0.15, 0.2) is 0 Å². The number of benzene rings is 1. The van der Waals surface area contributed by atoms with E-state index in [1.807, 2.05) is 0 Å². The molecule has 2 rings (SSSR count). The molecule has 1 heterocycles. The maximum atomic E-state index is 11.8. The molecule has 1 aliphatic heterocycles. The summed E-state index contributed by atoms with van der Waals surface area (Å²) >= 11 is 0. The van der Waals surface area contributed by atoms with Crippen LogP contribution in [0, 0.1) is 0 Å². The zero-order chi connectivity index (χ0) is 15.9. The number of carbonyl (C=O) groups excluding carboxylic acids is 3. The summed E-state index contributed by atoms with van der Waals surface area (Å²) in [4.78, 5) is 34.0. The monoisotopic (exact) mass is 305 g/mol. The van der Waals surface area contributed by atoms with Gasteiger partial charge >= 0.3 is 0 Å². The average Bonchev–Trinajstić information content (AvgIpc) is 2.63. The van der Waals surface area contributed by atoms with Crippen molar-refractivity contribution in [1.82, 2.24) is 10.6 Å². The molecule has 0 radical (unpaired) electrons. The molecule has 7 nitrogen and oxygen atoms in total. The third kappa shape index (κ3) is 4.76. The predicted octanol–water partition coefficient (Wildman–Crippen LogP) is 0.202. The first-order valence-corrected chi connectivity index (χ1v) is 7.11. The second-order valence-electron chi connectivity index (χ2n) is 4.99. The first kappa shape index (κ1) is 15.8. The summed E-state index contributed by atoms with van der Waals surface area (Å²) in [7, 11) is 0. The summed E-state index contributed by atoms with van der Waals surface area (Å²) in [6, 6.07) is 5.29. The van der Waals surface area contributed by atoms with E-state index in [4.69, 9.17) is 4.74 Å². The van der Waals surface area contributed by atoms with Crippen LogP contribution in [0.2, 0.25) is 0 Å². The number of amides is 3. The summed E-state index contributed by atoms with van der Waals surface area (Å²) in [6.45, 7) is 2.55. The minimum atomic E-state index is -0.147. The summed E-state index contributed by atoms with van der Waals surface area (Å²) in [5.41, 5.74) is 1.37. The Labute approximate surface area is 128 Å². The summed E-state index contributed by atoms with van der Waals surface area (Å²) < 4.78 is 5.46. The third-order valence-electron chi connectivity index (χ3n) is 3.09. The Kier molecular flexibility index (Phi) is 5.35. The highest BCUT2D eigenvalue weighted by Gasteiger charge is 2.14. The fourth-order valence-corrected chi connectivity index (χ4v) is 2.07. The number of anilines is 1. The Morgan fingerprint density at radius 2 is 2.05 bits per heavy atom. The average molecular weight is 305 g/mol. The van der Waals surface area contributed by atoms with Crippen LogP contribution >= 0.6 is 0 Å². The minimum Gasteiger partial charge on any atom is -0.491 e. The number of ether oxygens (including phenoxy) is 1. The molecular formula is C15H19N3O4. The third-order valence-corrected chi connectivity index (χ3v) is 3.09. The highest BCUT2D eigenvalue weighted by molar-refractivity contribution is 5.93. The first-order chi connectivity index (χ1) is 10.5. The zero-order valence-electron chi connectivity index (χ0n) is 12.4. The van der Waals surface area contributed by atoms with Crippen LogP contribution in [0.3, 0.4) is 0 Å². The Balaban J connectivity index is 1.89. The molecule has 0 atom stereocenters. The van der Waals surface area contributed by atoms with Gasteiger partial charge in [-0.1, -0.05) is 6.07 Å². The largest absolute Gasteiger partial charge is 0.491 e. The second kappa shape index (κ2) is 7.44. The van der Waals surface area contributed by atoms with Crippen LogP contribution in [0.1, 0.15) is 18.9 Å². The molecule has 1 aromatic rings. The van der Waals surface area contributed by atoms with Crippen LogP contribution in [0.15, 0.2) is 18.2 Å². The molecule has 0 aliphatic carbocycles. The van der Waals surface area contributed by atoms with E-state index in [0.717, 1.165) is 5.56 Å². The van der Waals surface area contributed by atoms with Gasteiger partial charge in [-0.3, -0.25) is 14.4 Å². The lowest BCUT2D eigenvalue weighted by atomic mass is 10.1. The quantitative estimate of drug-likeness (QED) is 0.677. The molecule has 0 saturated heterocycles. The Hall–Kier alpha value is -2.57. The van der Waals surface area contributed by atoms with Gasteiger partial charge in [0, 0.05) is 20.0 Å². The molecule has 1 aliphatic rings. The van der Waals surface area contributed by atoms with Gasteiger partial charge in [-0.25, -0.2) is 0 Å². The predicted molar refractivity (Wildman–Crippen MR) is 80.6 cm³/mol. The van der Waals surface area contributed by atoms with E-state index in [9.17, 15) is 14.4 Å². The molecule has 118 valence electrons. The second-order valence-corrected chi connectivity index (χ2v) is 4.99. The fourth-order valence-electron chi connectivity index (χ4n) is 2.07. The van der Waals surface area contributed by atoms with E-state index < -0.39 is 0 Å². The molecule has 3 amide bonds. The van der Waals surface area contributed by atoms with Crippen molar-refractivity contribution >= 4 is 23.4 Å². The van der Waals surface area contributed by atoms with E-state index >= 15 is 0 Å². The van der Waals surface area contributed by atoms with Crippen molar-refractivity contribution in [3.63, 3.8) is 0 Å². The summed E-state index contributed by atoms with van der Waals surface area (Å²) in [5, 5.41) is 8.07. The Bertz CT molecular complexity index is 586. The number of fused-ring (bicyclic) bond motifs is 1. The van der Waals surface area contributed by atoms with Gasteiger partial charge in [0.05, 0.1) is 25.1 Å². The lowest BCUT2D eigenvalue weighted by Crippen LogP contribution is -2.34. The van der Waals surface area contributed by atoms with E-state index in [1.165, 1.54) is 6.92 Å². The fraction of sp³-hybridized carbons (Fsp3) is 0.400. The number of carbonyl (C=O) groups is 3. The first-order valence-electron chi connectivity index (χ1n) is 7.11. The molecule has 7 heteroatoms. The Morgan fingerprint density at radius 1 is 1.27 bits per heavy atom. The standard InChI is InChI=1S/C15H19N3O4/c1-10(19)16-5-6-17-15(21)9-11-2-3-13-12(8-11)18-14(20)4-7-22-13/h2-3,8H,4-7,9H2,1H3,(H,16,19)(H,17,21)(H,18,20). The molecule has 22 heavy (non-hydrogen) atoms. The normalized spacial score (nSPS) is 13.2. The van der Waals surface area contributed by atoms with Crippen molar-refractivity contribution < 1.29 is 19.1 Å². The van der Waals surface area contributed by atoms with E-state index in [0.29, 0.717) is 37.6 Å². The van der Waals surface area contributed by atoms with Crippen LogP contribution in [-0.4, -0.2) is 37.4 Å². The SMILES string of the molecule is CC(=O)NCCNC(=O)Cc1ccc2c(c1)NC(=O)CCO2. The van der Waals surface area contributed by atoms with Gasteiger partial charge < -0.3 is 20.7 Å². The van der Waals surface area contributed by atoms with Crippen molar-refractivity contribution in [2.75, 3.05) is 25.0 Å². The molecule has 0 saturated carbocycles. The van der Waals surface area contributed by atoms with Crippen molar-refractivity contribution in [1.29, 1.82) is 0 Å². The number of nitrogens with one attached hydrogen (secondary N) is 3. The molecule has 0 spiro atoms. The summed E-state index contributed by atoms with van der Waals surface area (Å²) in [5.74, 6) is 0.234. The van der Waals surface area contributed by atoms with Gasteiger partial charge in [-0.05, 0) is 17.7 Å². The lowest BCUT2D eigenvalue weighted by Gasteiger charge is -2.10. The maximum Gasteiger partial charge on any atom is 0.227 e. The van der Waals surface area contributed by atoms with Crippen LogP contribution in [0.25, 0.3) is 0 Å². The lowest BCUT2D eigenvalue weighted by molar-refractivity contribution is -0.121. The van der Waals surface area contributed by atoms with E-state index in [2.05, 4.69) is 16.0 Å². The molecule has 3 N–H and O–H groups in total. The van der Waals surface area contributed by atoms with Crippen molar-refractivity contribution in [2.24, 2.45) is 0 Å². The van der Waals surface area contributed by atoms with Crippen LogP contribution in [-0.2, 0) is 20.8 Å². The summed E-state index contributed by atoms with van der Waals surface area (Å²) in [6.07, 6.45) is 0.511. The van der Waals surface area contributed by atoms with Gasteiger partial charge in [0.1, 0.15) is 5.75 Å². The minimum absolute atomic E-state index is 0.101. The van der Waals surface area contributed by atoms with E-state index in [1.54, 1.807) is 18.2 Å². The van der Waals surface area contributed by atoms with Gasteiger partial charge in [-0.2, -0.15) is 0 Å². The van der Waals surface area contributed by atoms with Gasteiger partial charge in [0.25, 0.3) is 0 Å². The molecule has 0 fully saturated rings. The van der Waals surface area contributed by atoms with Gasteiger partial charge in [-0.15, -0.1) is 0 Å². The van der Waals surface area contributed by atoms with Crippen LogP contribution < -0.4 is 20.7 Å². The number of hydrogen-bond acceptors (Lipinski definition) is 4. The molecule has 1 aromatic carbocycles. The van der Waals surface area contributed by atoms with Crippen molar-refractivity contribution in [2.45, 2.75) is 19.8 Å². The maximum absolute atomic E-state index is 11.8. The van der Waals surface area contributed by atoms with Crippen LogP contribution in [0.4, 0.5) is 5.69 Å². The van der Waals surface area contributed by atoms with Crippen molar-refractivity contribution in [3.8, 4) is 5.75 Å². The molecule has 0 aromatic heterocycles. The topological polar surface area (TPSA) is 96.5 Å². The van der Waals surface area contributed by atoms with Crippen molar-refractivity contribution in [3.05, 3.63) is 23.8 Å². The molecule has 0 bridgehead atoms. The number of hydrogen-bond donors (Lipinski definition) is 3. The molecular weight excluding hydrogens is 286 g/mol. The highest BCUT2D eigenvalue weighted by Crippen LogP contribution is 2.28. The van der Waals surface area contributed by atoms with Crippen LogP contribution in [0.5, 0.6) is 5.75 Å². The zero-order valence-corrected chi connectivity index (χ0v) is 12.4. The molecule has 0 unspecified atom stereocenters. The Morgan fingerprint density at radius 3 is 2.82 bits per heavy atom. The van der Waals surface area contributed by atoms with E-state index in [-0.39, 0.29) is 24.1 Å². The number of rotatable bonds is 5. The smallest absolute Gasteiger partial charge is 0.227 e. The van der Waals surface area contributed by atoms with Gasteiger partial charge in [0.2, 0.25) is 17.7 Å². The highest BCUT2D eigenvalue weighted by atomic mass is 16.5.